The Balaban J connectivity index is 0. The van der Waals surface area contributed by atoms with Gasteiger partial charge in [0.05, 0.1) is 6.61 Å². The first-order valence-electron chi connectivity index (χ1n) is 23.4. The Hall–Kier alpha value is -0.680. The molecule has 0 atom stereocenters. The molecule has 3 N–H and O–H groups in total. The number of allylic oxidation sites excluding steroid dienone is 2. The molecular weight excluding hydrogens is 679 g/mol. The van der Waals surface area contributed by atoms with Crippen molar-refractivity contribution in [2.24, 2.45) is 0 Å². The molecule has 0 bridgehead atoms. The van der Waals surface area contributed by atoms with Gasteiger partial charge in [-0.1, -0.05) is 238 Å². The van der Waals surface area contributed by atoms with Gasteiger partial charge in [0.25, 0.3) is 0 Å². The second-order valence-corrected chi connectivity index (χ2v) is 17.1. The first kappa shape index (κ1) is 54.4. The number of carbonyl (C=O) groups is 1. The lowest BCUT2D eigenvalue weighted by Crippen LogP contribution is -1.93. The molecule has 0 rings (SSSR count). The molecule has 0 amide bonds. The molecular formula is C46H93O6P. The Kier molecular flexibility index (Phi) is 48.7. The van der Waals surface area contributed by atoms with Crippen LogP contribution in [0.15, 0.2) is 12.2 Å². The summed E-state index contributed by atoms with van der Waals surface area (Å²) >= 11 is 0. The topological polar surface area (TPSA) is 104 Å². The van der Waals surface area contributed by atoms with Crippen LogP contribution >= 0.6 is 7.82 Å². The predicted octanol–water partition coefficient (Wildman–Crippen LogP) is 16.4. The summed E-state index contributed by atoms with van der Waals surface area (Å²) in [6, 6.07) is 0. The first-order valence-corrected chi connectivity index (χ1v) is 24.9. The smallest absolute Gasteiger partial charge is 0.469 e. The van der Waals surface area contributed by atoms with Crippen molar-refractivity contribution in [1.29, 1.82) is 0 Å². The maximum Gasteiger partial charge on any atom is 0.469 e. The molecule has 0 aromatic heterocycles. The van der Waals surface area contributed by atoms with Crippen LogP contribution in [0.25, 0.3) is 0 Å². The molecule has 53 heavy (non-hydrogen) atoms. The molecule has 0 aliphatic heterocycles. The molecule has 0 unspecified atom stereocenters. The van der Waals surface area contributed by atoms with Gasteiger partial charge >= 0.3 is 13.8 Å². The van der Waals surface area contributed by atoms with Crippen LogP contribution in [0.2, 0.25) is 0 Å². The average molecular weight is 773 g/mol. The van der Waals surface area contributed by atoms with Crippen molar-refractivity contribution in [3.05, 3.63) is 12.2 Å². The van der Waals surface area contributed by atoms with Crippen molar-refractivity contribution in [3.63, 3.8) is 0 Å². The van der Waals surface area contributed by atoms with E-state index in [9.17, 15) is 9.36 Å². The van der Waals surface area contributed by atoms with Crippen LogP contribution in [0.5, 0.6) is 0 Å². The van der Waals surface area contributed by atoms with E-state index in [4.69, 9.17) is 14.9 Å². The van der Waals surface area contributed by atoms with Crippen molar-refractivity contribution >= 4 is 13.8 Å². The van der Waals surface area contributed by atoms with E-state index in [0.717, 1.165) is 32.1 Å². The minimum atomic E-state index is -4.27. The lowest BCUT2D eigenvalue weighted by Gasteiger charge is -2.05. The van der Waals surface area contributed by atoms with Crippen LogP contribution in [0.1, 0.15) is 271 Å². The van der Waals surface area contributed by atoms with Gasteiger partial charge in [0.15, 0.2) is 0 Å². The number of carboxylic acid groups (broad SMARTS) is 1. The maximum absolute atomic E-state index is 10.5. The zero-order valence-corrected chi connectivity index (χ0v) is 36.6. The van der Waals surface area contributed by atoms with Gasteiger partial charge in [0.1, 0.15) is 0 Å². The molecule has 0 saturated carbocycles. The van der Waals surface area contributed by atoms with Gasteiger partial charge in [0.2, 0.25) is 0 Å². The average Bonchev–Trinajstić information content (AvgIpc) is 3.12. The van der Waals surface area contributed by atoms with E-state index in [2.05, 4.69) is 30.5 Å². The zero-order valence-electron chi connectivity index (χ0n) is 35.7. The minimum Gasteiger partial charge on any atom is -0.481 e. The number of hydrogen-bond acceptors (Lipinski definition) is 3. The highest BCUT2D eigenvalue weighted by atomic mass is 31.2. The summed E-state index contributed by atoms with van der Waals surface area (Å²) in [6.07, 6.45) is 56.7. The van der Waals surface area contributed by atoms with E-state index >= 15 is 0 Å². The monoisotopic (exact) mass is 773 g/mol. The Morgan fingerprint density at radius 2 is 0.660 bits per heavy atom. The molecule has 0 heterocycles. The Bertz CT molecular complexity index is 767. The molecule has 6 nitrogen and oxygen atoms in total. The molecule has 0 aromatic carbocycles. The third kappa shape index (κ3) is 58.2. The zero-order chi connectivity index (χ0) is 39.2. The Morgan fingerprint density at radius 1 is 0.415 bits per heavy atom. The lowest BCUT2D eigenvalue weighted by molar-refractivity contribution is -0.137. The van der Waals surface area contributed by atoms with Gasteiger partial charge in [-0.15, -0.1) is 0 Å². The van der Waals surface area contributed by atoms with Gasteiger partial charge < -0.3 is 14.9 Å². The first-order chi connectivity index (χ1) is 25.8. The van der Waals surface area contributed by atoms with Gasteiger partial charge in [-0.3, -0.25) is 9.32 Å². The number of unbranched alkanes of at least 4 members (excludes halogenated alkanes) is 36. The van der Waals surface area contributed by atoms with Crippen LogP contribution in [-0.2, 0) is 13.9 Å². The van der Waals surface area contributed by atoms with Crippen molar-refractivity contribution in [1.82, 2.24) is 0 Å². The normalized spacial score (nSPS) is 11.7. The highest BCUT2D eigenvalue weighted by Crippen LogP contribution is 2.35. The van der Waals surface area contributed by atoms with Crippen LogP contribution in [-0.4, -0.2) is 27.5 Å². The summed E-state index contributed by atoms with van der Waals surface area (Å²) in [4.78, 5) is 27.5. The van der Waals surface area contributed by atoms with Gasteiger partial charge in [-0.2, -0.15) is 0 Å². The summed E-state index contributed by atoms with van der Waals surface area (Å²) in [7, 11) is -4.27. The largest absolute Gasteiger partial charge is 0.481 e. The van der Waals surface area contributed by atoms with Crippen molar-refractivity contribution in [3.8, 4) is 0 Å². The summed E-state index contributed by atoms with van der Waals surface area (Å²) in [6.45, 7) is 4.72. The second kappa shape index (κ2) is 47.5. The Morgan fingerprint density at radius 3 is 0.925 bits per heavy atom. The van der Waals surface area contributed by atoms with E-state index in [1.165, 1.54) is 218 Å². The maximum atomic E-state index is 10.5. The molecule has 0 spiro atoms. The number of phosphoric ester groups is 1. The fourth-order valence-corrected chi connectivity index (χ4v) is 7.32. The van der Waals surface area contributed by atoms with Crippen molar-refractivity contribution in [2.75, 3.05) is 6.61 Å². The summed E-state index contributed by atoms with van der Waals surface area (Å²) in [5.41, 5.74) is 0. The van der Waals surface area contributed by atoms with E-state index in [1.54, 1.807) is 0 Å². The molecule has 0 aromatic rings. The molecule has 0 aliphatic rings. The minimum absolute atomic E-state index is 0.170. The van der Waals surface area contributed by atoms with Gasteiger partial charge in [0, 0.05) is 6.42 Å². The van der Waals surface area contributed by atoms with Gasteiger partial charge in [-0.05, 0) is 38.5 Å². The number of aliphatic carboxylic acids is 1. The molecule has 0 aliphatic carbocycles. The highest BCUT2D eigenvalue weighted by molar-refractivity contribution is 7.46. The lowest BCUT2D eigenvalue weighted by atomic mass is 10.0. The second-order valence-electron chi connectivity index (χ2n) is 15.9. The Labute approximate surface area is 331 Å². The van der Waals surface area contributed by atoms with Gasteiger partial charge in [-0.25, -0.2) is 4.57 Å². The SMILES string of the molecule is CCCCCCCC/C=C\CCCCCCCC(=O)O.CCCCCCCCCCCCCCCCCCCCCCCCCCCCOP(=O)(O)O. The van der Waals surface area contributed by atoms with Crippen LogP contribution in [0, 0.1) is 0 Å². The fourth-order valence-electron chi connectivity index (χ4n) is 6.95. The van der Waals surface area contributed by atoms with Crippen LogP contribution in [0.4, 0.5) is 0 Å². The van der Waals surface area contributed by atoms with Crippen molar-refractivity contribution in [2.45, 2.75) is 271 Å². The predicted molar refractivity (Wildman–Crippen MR) is 231 cm³/mol. The fraction of sp³-hybridized carbons (Fsp3) is 0.935. The molecule has 318 valence electrons. The number of carboxylic acids is 1. The standard InChI is InChI=1S/C28H59O4P.C18H34O2/c1-2-3-4-5-6-7-8-9-10-11-12-13-14-15-16-17-18-19-20-21-22-23-24-25-26-27-28-32-33(29,30)31;1-2-3-4-5-6-7-8-9-10-11-12-13-14-15-16-17-18(19)20/h2-28H2,1H3,(H2,29,30,31);9-10H,2-8,11-17H2,1H3,(H,19,20)/b;10-9-. The number of rotatable bonds is 43. The molecule has 0 fully saturated rings. The summed E-state index contributed by atoms with van der Waals surface area (Å²) < 4.78 is 15.0. The molecule has 0 saturated heterocycles. The van der Waals surface area contributed by atoms with E-state index in [0.29, 0.717) is 6.42 Å². The quantitative estimate of drug-likeness (QED) is 0.0324. The summed E-state index contributed by atoms with van der Waals surface area (Å²) in [5, 5.41) is 8.51. The van der Waals surface area contributed by atoms with E-state index in [-0.39, 0.29) is 6.61 Å². The number of phosphoric acid groups is 1. The summed E-state index contributed by atoms with van der Waals surface area (Å²) in [5.74, 6) is -0.664. The highest BCUT2D eigenvalue weighted by Gasteiger charge is 2.12. The van der Waals surface area contributed by atoms with E-state index < -0.39 is 13.8 Å². The molecule has 7 heteroatoms. The third-order valence-corrected chi connectivity index (χ3v) is 10.9. The number of hydrogen-bond donors (Lipinski definition) is 3. The molecule has 0 radical (unpaired) electrons. The van der Waals surface area contributed by atoms with E-state index in [1.807, 2.05) is 0 Å². The van der Waals surface area contributed by atoms with Crippen molar-refractivity contribution < 1.29 is 28.8 Å². The third-order valence-electron chi connectivity index (χ3n) is 10.4. The van der Waals surface area contributed by atoms with Crippen LogP contribution < -0.4 is 0 Å². The van der Waals surface area contributed by atoms with Crippen LogP contribution in [0.3, 0.4) is 0 Å².